The van der Waals surface area contributed by atoms with Crippen molar-refractivity contribution in [3.63, 3.8) is 0 Å². The van der Waals surface area contributed by atoms with Crippen LogP contribution in [0.5, 0.6) is 0 Å². The van der Waals surface area contributed by atoms with Gasteiger partial charge in [-0.2, -0.15) is 0 Å². The molecule has 11 heteroatoms. The number of imide groups is 1. The Bertz CT molecular complexity index is 970. The molecule has 1 atom stereocenters. The largest absolute Gasteiger partial charge is 0.388 e. The number of hydrogen-bond acceptors (Lipinski definition) is 8. The van der Waals surface area contributed by atoms with E-state index in [1.54, 1.807) is 6.33 Å². The third kappa shape index (κ3) is 3.10. The second kappa shape index (κ2) is 6.63. The van der Waals surface area contributed by atoms with Gasteiger partial charge in [-0.25, -0.2) is 19.7 Å². The summed E-state index contributed by atoms with van der Waals surface area (Å²) in [5.41, 5.74) is -0.537. The summed E-state index contributed by atoms with van der Waals surface area (Å²) in [4.78, 5) is 39.3. The Balaban J connectivity index is 1.45. The maximum Gasteiger partial charge on any atom is 0.322 e. The molecule has 3 N–H and O–H groups in total. The number of aliphatic hydroxyl groups is 1. The highest BCUT2D eigenvalue weighted by atomic mass is 16.5. The van der Waals surface area contributed by atoms with Gasteiger partial charge in [-0.1, -0.05) is 0 Å². The minimum Gasteiger partial charge on any atom is -0.388 e. The van der Waals surface area contributed by atoms with E-state index >= 15 is 0 Å². The van der Waals surface area contributed by atoms with Gasteiger partial charge >= 0.3 is 6.03 Å². The first-order chi connectivity index (χ1) is 14.0. The summed E-state index contributed by atoms with van der Waals surface area (Å²) in [6, 6.07) is -0.460. The van der Waals surface area contributed by atoms with E-state index in [1.165, 1.54) is 6.33 Å². The number of rotatable bonds is 3. The number of piperidine rings is 1. The first kappa shape index (κ1) is 18.3. The molecule has 3 fully saturated rings. The van der Waals surface area contributed by atoms with E-state index in [2.05, 4.69) is 25.6 Å². The zero-order valence-electron chi connectivity index (χ0n) is 15.9. The van der Waals surface area contributed by atoms with Gasteiger partial charge in [0.2, 0.25) is 0 Å². The highest BCUT2D eigenvalue weighted by molar-refractivity contribution is 6.07. The van der Waals surface area contributed by atoms with Crippen LogP contribution in [0.1, 0.15) is 25.7 Å². The predicted molar refractivity (Wildman–Crippen MR) is 101 cm³/mol. The summed E-state index contributed by atoms with van der Waals surface area (Å²) in [5, 5.41) is 16.0. The summed E-state index contributed by atoms with van der Waals surface area (Å²) in [7, 11) is 0. The molecule has 3 aliphatic rings. The first-order valence-corrected chi connectivity index (χ1v) is 9.83. The molecular weight excluding hydrogens is 378 g/mol. The zero-order chi connectivity index (χ0) is 20.1. The lowest BCUT2D eigenvalue weighted by molar-refractivity contribution is -0.124. The predicted octanol–water partition coefficient (Wildman–Crippen LogP) is -0.454. The molecule has 3 saturated heterocycles. The highest BCUT2D eigenvalue weighted by Gasteiger charge is 2.49. The number of urea groups is 1. The molecule has 2 aromatic rings. The van der Waals surface area contributed by atoms with Gasteiger partial charge in [0.15, 0.2) is 17.0 Å². The van der Waals surface area contributed by atoms with Gasteiger partial charge in [-0.15, -0.1) is 0 Å². The molecule has 3 aliphatic heterocycles. The molecule has 0 bridgehead atoms. The van der Waals surface area contributed by atoms with Crippen LogP contribution in [0, 0.1) is 0 Å². The first-order valence-electron chi connectivity index (χ1n) is 9.83. The van der Waals surface area contributed by atoms with Crippen LogP contribution in [-0.4, -0.2) is 74.0 Å². The van der Waals surface area contributed by atoms with Crippen molar-refractivity contribution < 1.29 is 19.4 Å². The van der Waals surface area contributed by atoms with Crippen molar-refractivity contribution in [2.24, 2.45) is 0 Å². The molecular formula is C18H23N7O4. The van der Waals surface area contributed by atoms with Crippen molar-refractivity contribution in [3.8, 4) is 0 Å². The van der Waals surface area contributed by atoms with Gasteiger partial charge in [0.1, 0.15) is 11.9 Å². The number of carbonyl (C=O) groups is 2. The smallest absolute Gasteiger partial charge is 0.322 e. The van der Waals surface area contributed by atoms with Crippen LogP contribution in [0.25, 0.3) is 11.2 Å². The Morgan fingerprint density at radius 2 is 2.00 bits per heavy atom. The fourth-order valence-corrected chi connectivity index (χ4v) is 4.49. The molecule has 1 unspecified atom stereocenters. The fourth-order valence-electron chi connectivity index (χ4n) is 4.49. The van der Waals surface area contributed by atoms with Crippen LogP contribution in [0.3, 0.4) is 0 Å². The average Bonchev–Trinajstić information content (AvgIpc) is 3.22. The lowest BCUT2D eigenvalue weighted by Crippen LogP contribution is -2.58. The summed E-state index contributed by atoms with van der Waals surface area (Å²) in [5.74, 6) is 0.325. The third-order valence-electron chi connectivity index (χ3n) is 6.08. The van der Waals surface area contributed by atoms with Crippen LogP contribution in [0.2, 0.25) is 0 Å². The Labute approximate surface area is 166 Å². The number of anilines is 1. The van der Waals surface area contributed by atoms with Crippen LogP contribution in [0.15, 0.2) is 12.7 Å². The molecule has 1 spiro atoms. The minimum absolute atomic E-state index is 0.301. The average molecular weight is 401 g/mol. The van der Waals surface area contributed by atoms with Crippen LogP contribution in [0.4, 0.5) is 10.6 Å². The van der Waals surface area contributed by atoms with Crippen molar-refractivity contribution >= 4 is 28.9 Å². The SMILES string of the molecule is O=C1NC(=O)C2(CCCN(c3ncnc4c3ncn4CC3(O)CCOCC3)C2)N1. The quantitative estimate of drug-likeness (QED) is 0.589. The van der Waals surface area contributed by atoms with Gasteiger partial charge in [-0.05, 0) is 12.8 Å². The van der Waals surface area contributed by atoms with Crippen LogP contribution in [-0.2, 0) is 16.1 Å². The maximum absolute atomic E-state index is 12.4. The van der Waals surface area contributed by atoms with E-state index in [-0.39, 0.29) is 5.91 Å². The van der Waals surface area contributed by atoms with Gasteiger partial charge in [0, 0.05) is 32.6 Å². The lowest BCUT2D eigenvalue weighted by atomic mass is 9.89. The van der Waals surface area contributed by atoms with Crippen molar-refractivity contribution in [2.45, 2.75) is 43.4 Å². The number of aromatic nitrogens is 4. The molecule has 5 heterocycles. The molecule has 0 radical (unpaired) electrons. The molecule has 2 aromatic heterocycles. The van der Waals surface area contributed by atoms with Crippen molar-refractivity contribution in [1.29, 1.82) is 0 Å². The molecule has 0 aromatic carbocycles. The maximum atomic E-state index is 12.4. The van der Waals surface area contributed by atoms with E-state index in [1.807, 2.05) is 9.47 Å². The number of carbonyl (C=O) groups excluding carboxylic acids is 2. The van der Waals surface area contributed by atoms with Crippen molar-refractivity contribution in [3.05, 3.63) is 12.7 Å². The van der Waals surface area contributed by atoms with Gasteiger partial charge in [0.05, 0.1) is 25.0 Å². The van der Waals surface area contributed by atoms with E-state index in [0.717, 1.165) is 6.42 Å². The molecule has 0 saturated carbocycles. The van der Waals surface area contributed by atoms with E-state index in [9.17, 15) is 14.7 Å². The molecule has 11 nitrogen and oxygen atoms in total. The van der Waals surface area contributed by atoms with Crippen LogP contribution >= 0.6 is 0 Å². The number of nitrogens with zero attached hydrogens (tertiary/aromatic N) is 5. The molecule has 154 valence electrons. The van der Waals surface area contributed by atoms with E-state index in [0.29, 0.717) is 69.1 Å². The number of hydrogen-bond donors (Lipinski definition) is 3. The Morgan fingerprint density at radius 3 is 2.76 bits per heavy atom. The standard InChI is InChI=1S/C18H23N7O4/c26-15-18(23-16(27)22-15)2-1-5-24(9-18)13-12-14(20-10-19-13)25(11-21-12)8-17(28)3-6-29-7-4-17/h10-11,28H,1-9H2,(H2,22,23,26,27). The third-order valence-corrected chi connectivity index (χ3v) is 6.08. The van der Waals surface area contributed by atoms with Gasteiger partial charge in [-0.3, -0.25) is 10.1 Å². The molecule has 29 heavy (non-hydrogen) atoms. The summed E-state index contributed by atoms with van der Waals surface area (Å²) < 4.78 is 7.20. The monoisotopic (exact) mass is 401 g/mol. The van der Waals surface area contributed by atoms with E-state index in [4.69, 9.17) is 4.74 Å². The van der Waals surface area contributed by atoms with Crippen molar-refractivity contribution in [2.75, 3.05) is 31.2 Å². The molecule has 0 aliphatic carbocycles. The summed E-state index contributed by atoms with van der Waals surface area (Å²) >= 11 is 0. The Hall–Kier alpha value is -2.79. The zero-order valence-corrected chi connectivity index (χ0v) is 15.9. The number of nitrogens with one attached hydrogen (secondary N) is 2. The number of ether oxygens (including phenoxy) is 1. The fraction of sp³-hybridized carbons (Fsp3) is 0.611. The van der Waals surface area contributed by atoms with Gasteiger partial charge in [0.25, 0.3) is 5.91 Å². The molecule has 3 amide bonds. The summed E-state index contributed by atoms with van der Waals surface area (Å²) in [6.45, 7) is 2.47. The molecule has 5 rings (SSSR count). The minimum atomic E-state index is -0.938. The number of imidazole rings is 1. The Morgan fingerprint density at radius 1 is 1.17 bits per heavy atom. The second-order valence-electron chi connectivity index (χ2n) is 8.09. The second-order valence-corrected chi connectivity index (χ2v) is 8.09. The summed E-state index contributed by atoms with van der Waals surface area (Å²) in [6.07, 6.45) is 5.58. The highest BCUT2D eigenvalue weighted by Crippen LogP contribution is 2.31. The van der Waals surface area contributed by atoms with Gasteiger partial charge < -0.3 is 24.6 Å². The Kier molecular flexibility index (Phi) is 4.17. The lowest BCUT2D eigenvalue weighted by Gasteiger charge is -2.38. The van der Waals surface area contributed by atoms with E-state index < -0.39 is 17.2 Å². The van der Waals surface area contributed by atoms with Crippen molar-refractivity contribution in [1.82, 2.24) is 30.2 Å². The topological polar surface area (TPSA) is 134 Å². The normalized spacial score (nSPS) is 26.7. The number of fused-ring (bicyclic) bond motifs is 1. The number of amides is 3. The van der Waals surface area contributed by atoms with Crippen LogP contribution < -0.4 is 15.5 Å².